The van der Waals surface area contributed by atoms with Gasteiger partial charge in [-0.05, 0) is 75.6 Å². The highest BCUT2D eigenvalue weighted by Crippen LogP contribution is 2.26. The number of phenolic OH excluding ortho intramolecular Hbond substituents is 1. The molecule has 40 heavy (non-hydrogen) atoms. The zero-order chi connectivity index (χ0) is 29.7. The second-order valence-corrected chi connectivity index (χ2v) is 11.0. The lowest BCUT2D eigenvalue weighted by Crippen LogP contribution is -2.38. The number of aromatic hydroxyl groups is 1. The SMILES string of the molecule is CC(C)(C)NCC(O)c1ccccc1Cl.COc1ccc(C[C@@H](C)NC[C@H](O)c2ccc(O)c(NC=O)c2)cc1. The van der Waals surface area contributed by atoms with Gasteiger partial charge in [-0.15, -0.1) is 0 Å². The summed E-state index contributed by atoms with van der Waals surface area (Å²) in [6.07, 6.45) is 0.00834. The van der Waals surface area contributed by atoms with E-state index in [1.807, 2.05) is 49.4 Å². The number of methoxy groups -OCH3 is 1. The van der Waals surface area contributed by atoms with Gasteiger partial charge in [-0.2, -0.15) is 0 Å². The Kier molecular flexibility index (Phi) is 13.4. The monoisotopic (exact) mass is 571 g/mol. The predicted octanol–water partition coefficient (Wildman–Crippen LogP) is 4.98. The number of anilines is 1. The number of phenols is 1. The minimum absolute atomic E-state index is 0.00222. The average molecular weight is 572 g/mol. The van der Waals surface area contributed by atoms with E-state index in [0.29, 0.717) is 30.1 Å². The van der Waals surface area contributed by atoms with Gasteiger partial charge in [-0.1, -0.05) is 48.0 Å². The number of rotatable bonds is 12. The van der Waals surface area contributed by atoms with Gasteiger partial charge >= 0.3 is 0 Å². The van der Waals surface area contributed by atoms with Crippen LogP contribution >= 0.6 is 11.6 Å². The summed E-state index contributed by atoms with van der Waals surface area (Å²) in [6.45, 7) is 9.11. The number of aliphatic hydroxyl groups is 2. The van der Waals surface area contributed by atoms with E-state index in [0.717, 1.165) is 17.7 Å². The van der Waals surface area contributed by atoms with Crippen molar-refractivity contribution in [2.24, 2.45) is 0 Å². The number of hydrogen-bond donors (Lipinski definition) is 6. The number of amides is 1. The fourth-order valence-corrected chi connectivity index (χ4v) is 4.08. The first-order valence-corrected chi connectivity index (χ1v) is 13.6. The molecular weight excluding hydrogens is 530 g/mol. The van der Waals surface area contributed by atoms with Crippen molar-refractivity contribution < 1.29 is 24.9 Å². The van der Waals surface area contributed by atoms with E-state index in [1.54, 1.807) is 25.3 Å². The van der Waals surface area contributed by atoms with Gasteiger partial charge in [0, 0.05) is 35.3 Å². The molecule has 0 aliphatic rings. The number of ether oxygens (including phenoxy) is 1. The first kappa shape index (κ1) is 33.1. The minimum atomic E-state index is -0.744. The van der Waals surface area contributed by atoms with Crippen LogP contribution in [0.1, 0.15) is 56.6 Å². The molecular formula is C31H42ClN3O5. The third-order valence-electron chi connectivity index (χ3n) is 6.07. The molecule has 3 rings (SSSR count). The van der Waals surface area contributed by atoms with Crippen molar-refractivity contribution in [3.63, 3.8) is 0 Å². The lowest BCUT2D eigenvalue weighted by Gasteiger charge is -2.23. The molecule has 0 saturated carbocycles. The first-order valence-electron chi connectivity index (χ1n) is 13.2. The number of benzene rings is 3. The summed E-state index contributed by atoms with van der Waals surface area (Å²) in [5.41, 5.74) is 2.85. The third-order valence-corrected chi connectivity index (χ3v) is 6.41. The summed E-state index contributed by atoms with van der Waals surface area (Å²) in [5, 5.41) is 39.4. The standard InChI is InChI=1S/C19H24N2O4.C12H18ClNO/c1-13(9-14-3-6-16(25-2)7-4-14)20-11-19(24)15-5-8-18(23)17(10-15)21-12-22;1-12(2,3)14-8-11(15)9-6-4-5-7-10(9)13/h3-8,10,12-13,19-20,23-24H,9,11H2,1-2H3,(H,21,22);4-7,11,14-15H,8H2,1-3H3/t13-,19+;/m1./s1. The molecule has 0 aliphatic heterocycles. The number of carbonyl (C=O) groups is 1. The molecule has 6 N–H and O–H groups in total. The van der Waals surface area contributed by atoms with E-state index in [-0.39, 0.29) is 23.0 Å². The molecule has 1 unspecified atom stereocenters. The topological polar surface area (TPSA) is 123 Å². The number of carbonyl (C=O) groups excluding carboxylic acids is 1. The van der Waals surface area contributed by atoms with E-state index >= 15 is 0 Å². The molecule has 0 radical (unpaired) electrons. The molecule has 218 valence electrons. The van der Waals surface area contributed by atoms with Crippen LogP contribution < -0.4 is 20.7 Å². The Bertz CT molecular complexity index is 1180. The maximum absolute atomic E-state index is 10.5. The van der Waals surface area contributed by atoms with Crippen LogP contribution in [0.3, 0.4) is 0 Å². The molecule has 0 spiro atoms. The molecule has 8 nitrogen and oxygen atoms in total. The second-order valence-electron chi connectivity index (χ2n) is 10.6. The minimum Gasteiger partial charge on any atom is -0.506 e. The van der Waals surface area contributed by atoms with E-state index in [4.69, 9.17) is 16.3 Å². The number of hydrogen-bond acceptors (Lipinski definition) is 7. The summed E-state index contributed by atoms with van der Waals surface area (Å²) in [5.74, 6) is 0.788. The maximum atomic E-state index is 10.5. The summed E-state index contributed by atoms with van der Waals surface area (Å²) >= 11 is 5.98. The molecule has 3 aromatic rings. The summed E-state index contributed by atoms with van der Waals surface area (Å²) < 4.78 is 5.14. The van der Waals surface area contributed by atoms with Crippen LogP contribution in [-0.2, 0) is 11.2 Å². The Morgan fingerprint density at radius 3 is 2.25 bits per heavy atom. The smallest absolute Gasteiger partial charge is 0.211 e. The Balaban J connectivity index is 0.000000319. The molecule has 0 bridgehead atoms. The third kappa shape index (κ3) is 11.5. The van der Waals surface area contributed by atoms with Gasteiger partial charge in [0.15, 0.2) is 0 Å². The fourth-order valence-electron chi connectivity index (χ4n) is 3.82. The van der Waals surface area contributed by atoms with Gasteiger partial charge in [-0.25, -0.2) is 0 Å². The highest BCUT2D eigenvalue weighted by atomic mass is 35.5. The predicted molar refractivity (Wildman–Crippen MR) is 161 cm³/mol. The molecule has 1 amide bonds. The Hall–Kier alpha value is -3.14. The van der Waals surface area contributed by atoms with Crippen molar-refractivity contribution in [2.75, 3.05) is 25.5 Å². The molecule has 3 aromatic carbocycles. The lowest BCUT2D eigenvalue weighted by molar-refractivity contribution is -0.105. The van der Waals surface area contributed by atoms with E-state index in [9.17, 15) is 20.1 Å². The highest BCUT2D eigenvalue weighted by Gasteiger charge is 2.15. The fraction of sp³-hybridized carbons (Fsp3) is 0.387. The van der Waals surface area contributed by atoms with Crippen LogP contribution in [0.4, 0.5) is 5.69 Å². The van der Waals surface area contributed by atoms with Crippen LogP contribution in [0.2, 0.25) is 5.02 Å². The van der Waals surface area contributed by atoms with Crippen molar-refractivity contribution >= 4 is 23.7 Å². The van der Waals surface area contributed by atoms with Crippen LogP contribution in [0.5, 0.6) is 11.5 Å². The van der Waals surface area contributed by atoms with Crippen molar-refractivity contribution in [3.05, 3.63) is 88.4 Å². The Labute approximate surface area is 242 Å². The van der Waals surface area contributed by atoms with E-state index < -0.39 is 12.2 Å². The van der Waals surface area contributed by atoms with E-state index in [1.165, 1.54) is 11.6 Å². The van der Waals surface area contributed by atoms with Gasteiger partial charge in [0.25, 0.3) is 0 Å². The summed E-state index contributed by atoms with van der Waals surface area (Å²) in [7, 11) is 1.64. The molecule has 0 heterocycles. The van der Waals surface area contributed by atoms with Crippen LogP contribution in [-0.4, -0.2) is 53.5 Å². The zero-order valence-electron chi connectivity index (χ0n) is 23.8. The Morgan fingerprint density at radius 1 is 0.975 bits per heavy atom. The molecule has 0 aromatic heterocycles. The second kappa shape index (κ2) is 16.2. The highest BCUT2D eigenvalue weighted by molar-refractivity contribution is 6.31. The first-order chi connectivity index (χ1) is 18.9. The number of halogens is 1. The van der Waals surface area contributed by atoms with Crippen LogP contribution in [0.15, 0.2) is 66.7 Å². The summed E-state index contributed by atoms with van der Waals surface area (Å²) in [4.78, 5) is 10.5. The molecule has 3 atom stereocenters. The van der Waals surface area contributed by atoms with Gasteiger partial charge in [0.2, 0.25) is 6.41 Å². The van der Waals surface area contributed by atoms with Gasteiger partial charge in [0.05, 0.1) is 25.0 Å². The van der Waals surface area contributed by atoms with Crippen molar-refractivity contribution in [3.8, 4) is 11.5 Å². The van der Waals surface area contributed by atoms with Crippen LogP contribution in [0, 0.1) is 0 Å². The quantitative estimate of drug-likeness (QED) is 0.134. The van der Waals surface area contributed by atoms with E-state index in [2.05, 4.69) is 36.7 Å². The average Bonchev–Trinajstić information content (AvgIpc) is 2.92. The van der Waals surface area contributed by atoms with Gasteiger partial charge < -0.3 is 36.0 Å². The molecule has 0 saturated heterocycles. The lowest BCUT2D eigenvalue weighted by atomic mass is 10.1. The van der Waals surface area contributed by atoms with Crippen LogP contribution in [0.25, 0.3) is 0 Å². The van der Waals surface area contributed by atoms with Gasteiger partial charge in [-0.3, -0.25) is 4.79 Å². The van der Waals surface area contributed by atoms with Crippen molar-refractivity contribution in [1.29, 1.82) is 0 Å². The summed E-state index contributed by atoms with van der Waals surface area (Å²) in [6, 6.07) is 20.1. The largest absolute Gasteiger partial charge is 0.506 e. The molecule has 0 aliphatic carbocycles. The molecule has 0 fully saturated rings. The zero-order valence-corrected chi connectivity index (χ0v) is 24.6. The van der Waals surface area contributed by atoms with Gasteiger partial charge in [0.1, 0.15) is 11.5 Å². The molecule has 9 heteroatoms. The maximum Gasteiger partial charge on any atom is 0.211 e. The Morgan fingerprint density at radius 2 is 1.65 bits per heavy atom. The van der Waals surface area contributed by atoms with Crippen molar-refractivity contribution in [1.82, 2.24) is 10.6 Å². The van der Waals surface area contributed by atoms with Crippen molar-refractivity contribution in [2.45, 2.75) is 57.9 Å². The number of nitrogens with one attached hydrogen (secondary N) is 3. The normalized spacial score (nSPS) is 13.4. The number of aliphatic hydroxyl groups excluding tert-OH is 2. The number of β-amino-alcohol motifs (C(OH)–C–C–N with tert-alkyl or cyclic N) is 1.